The average molecular weight is 454 g/mol. The maximum atomic E-state index is 5.94. The van der Waals surface area contributed by atoms with Crippen molar-refractivity contribution in [3.8, 4) is 17.1 Å². The maximum Gasteiger partial charge on any atom is 0.213 e. The fraction of sp³-hybridized carbons (Fsp3) is 0.200. The average Bonchev–Trinajstić information content (AvgIpc) is 2.97. The highest BCUT2D eigenvalue weighted by atomic mass is 79.9. The Labute approximate surface area is 176 Å². The van der Waals surface area contributed by atoms with Gasteiger partial charge >= 0.3 is 0 Å². The van der Waals surface area contributed by atoms with Crippen LogP contribution in [0.3, 0.4) is 0 Å². The van der Waals surface area contributed by atoms with E-state index in [1.54, 1.807) is 18.3 Å². The van der Waals surface area contributed by atoms with Crippen molar-refractivity contribution in [2.24, 2.45) is 0 Å². The molecule has 4 aromatic rings. The number of hydrogen-bond acceptors (Lipinski definition) is 7. The van der Waals surface area contributed by atoms with E-state index in [4.69, 9.17) is 21.2 Å². The monoisotopic (exact) mass is 453 g/mol. The molecule has 0 aliphatic rings. The summed E-state index contributed by atoms with van der Waals surface area (Å²) in [6, 6.07) is 11.1. The number of fused-ring (bicyclic) bond motifs is 1. The van der Waals surface area contributed by atoms with Gasteiger partial charge in [0.25, 0.3) is 0 Å². The Morgan fingerprint density at radius 2 is 1.83 bits per heavy atom. The van der Waals surface area contributed by atoms with Crippen LogP contribution in [-0.2, 0) is 6.54 Å². The molecule has 0 radical (unpaired) electrons. The third-order valence-corrected chi connectivity index (χ3v) is 4.87. The molecule has 0 amide bonds. The second kappa shape index (κ2) is 7.67. The molecule has 0 fully saturated rings. The van der Waals surface area contributed by atoms with Gasteiger partial charge in [0.1, 0.15) is 29.1 Å². The summed E-state index contributed by atoms with van der Waals surface area (Å²) >= 11 is 3.37. The van der Waals surface area contributed by atoms with Gasteiger partial charge in [-0.3, -0.25) is 0 Å². The Hall–Kier alpha value is -3.20. The second-order valence-electron chi connectivity index (χ2n) is 6.76. The summed E-state index contributed by atoms with van der Waals surface area (Å²) < 4.78 is 8.89. The van der Waals surface area contributed by atoms with Crippen LogP contribution in [-0.4, -0.2) is 30.6 Å². The summed E-state index contributed by atoms with van der Waals surface area (Å²) in [6.45, 7) is 4.52. The van der Waals surface area contributed by atoms with Crippen molar-refractivity contribution in [1.82, 2.24) is 24.5 Å². The van der Waals surface area contributed by atoms with E-state index in [1.807, 2.05) is 42.7 Å². The molecule has 4 heterocycles. The van der Waals surface area contributed by atoms with Crippen LogP contribution in [0.2, 0.25) is 0 Å². The largest absolute Gasteiger partial charge is 0.473 e. The van der Waals surface area contributed by atoms with E-state index in [2.05, 4.69) is 30.9 Å². The van der Waals surface area contributed by atoms with E-state index in [9.17, 15) is 0 Å². The zero-order chi connectivity index (χ0) is 20.5. The summed E-state index contributed by atoms with van der Waals surface area (Å²) in [6.07, 6.45) is 1.58. The fourth-order valence-electron chi connectivity index (χ4n) is 3.15. The Morgan fingerprint density at radius 1 is 1.07 bits per heavy atom. The number of aryl methyl sites for hydroxylation is 1. The summed E-state index contributed by atoms with van der Waals surface area (Å²) in [7, 11) is 0. The molecule has 0 saturated carbocycles. The first-order chi connectivity index (χ1) is 13.9. The number of rotatable bonds is 5. The molecule has 4 aromatic heterocycles. The van der Waals surface area contributed by atoms with Gasteiger partial charge in [0, 0.05) is 22.3 Å². The van der Waals surface area contributed by atoms with Crippen LogP contribution in [0.15, 0.2) is 47.1 Å². The van der Waals surface area contributed by atoms with E-state index in [0.717, 1.165) is 32.7 Å². The number of nitrogens with zero attached hydrogens (tertiary/aromatic N) is 5. The highest BCUT2D eigenvalue weighted by Gasteiger charge is 2.15. The van der Waals surface area contributed by atoms with Gasteiger partial charge in [-0.2, -0.15) is 0 Å². The smallest absolute Gasteiger partial charge is 0.213 e. The van der Waals surface area contributed by atoms with Crippen molar-refractivity contribution in [3.63, 3.8) is 0 Å². The molecule has 0 bridgehead atoms. The van der Waals surface area contributed by atoms with E-state index in [0.29, 0.717) is 24.1 Å². The van der Waals surface area contributed by atoms with Gasteiger partial charge in [-0.05, 0) is 60.1 Å². The molecular weight excluding hydrogens is 434 g/mol. The summed E-state index contributed by atoms with van der Waals surface area (Å²) in [4.78, 5) is 17.7. The molecular formula is C20H20BrN7O. The minimum Gasteiger partial charge on any atom is -0.473 e. The number of anilines is 2. The molecule has 4 N–H and O–H groups in total. The number of hydrogen-bond donors (Lipinski definition) is 2. The first-order valence-electron chi connectivity index (χ1n) is 9.04. The van der Waals surface area contributed by atoms with Crippen molar-refractivity contribution in [2.75, 3.05) is 11.5 Å². The quantitative estimate of drug-likeness (QED) is 0.473. The molecule has 0 spiro atoms. The SMILES string of the molecule is Cc1nc2ccc(-c3cc(N)nc(N)c3)nc2n1C[C@@H](C)Oc1ccc(Br)cn1. The molecule has 8 nitrogen and oxygen atoms in total. The van der Waals surface area contributed by atoms with Crippen LogP contribution in [0.25, 0.3) is 22.4 Å². The number of nitrogens with two attached hydrogens (primary N) is 2. The van der Waals surface area contributed by atoms with Gasteiger partial charge in [0.2, 0.25) is 5.88 Å². The Kier molecular flexibility index (Phi) is 5.06. The van der Waals surface area contributed by atoms with Crippen LogP contribution in [0.5, 0.6) is 5.88 Å². The summed E-state index contributed by atoms with van der Waals surface area (Å²) in [5, 5.41) is 0. The molecule has 1 atom stereocenters. The van der Waals surface area contributed by atoms with Crippen molar-refractivity contribution < 1.29 is 4.74 Å². The molecule has 0 aliphatic heterocycles. The van der Waals surface area contributed by atoms with E-state index in [1.165, 1.54) is 0 Å². The number of ether oxygens (including phenoxy) is 1. The van der Waals surface area contributed by atoms with Gasteiger partial charge < -0.3 is 20.8 Å². The molecule has 9 heteroatoms. The lowest BCUT2D eigenvalue weighted by Crippen LogP contribution is -2.21. The van der Waals surface area contributed by atoms with Crippen LogP contribution >= 0.6 is 15.9 Å². The zero-order valence-electron chi connectivity index (χ0n) is 16.0. The second-order valence-corrected chi connectivity index (χ2v) is 7.67. The Balaban J connectivity index is 1.65. The van der Waals surface area contributed by atoms with Gasteiger partial charge in [-0.1, -0.05) is 0 Å². The molecule has 148 valence electrons. The zero-order valence-corrected chi connectivity index (χ0v) is 17.6. The number of imidazole rings is 1. The third-order valence-electron chi connectivity index (χ3n) is 4.41. The number of nitrogen functional groups attached to an aromatic ring is 2. The van der Waals surface area contributed by atoms with Gasteiger partial charge in [0.15, 0.2) is 5.65 Å². The number of pyridine rings is 3. The molecule has 4 rings (SSSR count). The first kappa shape index (κ1) is 19.1. The lowest BCUT2D eigenvalue weighted by Gasteiger charge is -2.16. The van der Waals surface area contributed by atoms with E-state index in [-0.39, 0.29) is 6.10 Å². The Bertz CT molecular complexity index is 1150. The third kappa shape index (κ3) is 4.14. The normalized spacial score (nSPS) is 12.2. The van der Waals surface area contributed by atoms with Crippen molar-refractivity contribution in [2.45, 2.75) is 26.5 Å². The number of halogens is 1. The topological polar surface area (TPSA) is 118 Å². The molecule has 0 aliphatic carbocycles. The molecule has 0 saturated heterocycles. The highest BCUT2D eigenvalue weighted by Crippen LogP contribution is 2.24. The number of aromatic nitrogens is 5. The van der Waals surface area contributed by atoms with Crippen molar-refractivity contribution in [1.29, 1.82) is 0 Å². The highest BCUT2D eigenvalue weighted by molar-refractivity contribution is 9.10. The fourth-order valence-corrected chi connectivity index (χ4v) is 3.38. The predicted molar refractivity (Wildman–Crippen MR) is 116 cm³/mol. The first-order valence-corrected chi connectivity index (χ1v) is 9.84. The predicted octanol–water partition coefficient (Wildman–Crippen LogP) is 3.59. The van der Waals surface area contributed by atoms with Crippen molar-refractivity contribution >= 4 is 38.7 Å². The van der Waals surface area contributed by atoms with Crippen molar-refractivity contribution in [3.05, 3.63) is 52.9 Å². The van der Waals surface area contributed by atoms with E-state index < -0.39 is 0 Å². The molecule has 29 heavy (non-hydrogen) atoms. The molecule has 0 aromatic carbocycles. The van der Waals surface area contributed by atoms with E-state index >= 15 is 0 Å². The van der Waals surface area contributed by atoms with Crippen LogP contribution in [0.1, 0.15) is 12.7 Å². The van der Waals surface area contributed by atoms with Crippen LogP contribution in [0.4, 0.5) is 11.6 Å². The molecule has 0 unspecified atom stereocenters. The standard InChI is InChI=1S/C20H20BrN7O/c1-11(29-19-6-3-14(21)9-24-19)10-28-12(2)25-16-5-4-15(26-20(16)28)13-7-17(22)27-18(23)8-13/h3-9,11H,10H2,1-2H3,(H4,22,23,27)/t11-/m1/s1. The minimum atomic E-state index is -0.127. The summed E-state index contributed by atoms with van der Waals surface area (Å²) in [5.74, 6) is 2.14. The lowest BCUT2D eigenvalue weighted by atomic mass is 10.1. The van der Waals surface area contributed by atoms with Gasteiger partial charge in [0.05, 0.1) is 12.2 Å². The minimum absolute atomic E-state index is 0.127. The maximum absolute atomic E-state index is 5.94. The van der Waals surface area contributed by atoms with Crippen LogP contribution < -0.4 is 16.2 Å². The van der Waals surface area contributed by atoms with Gasteiger partial charge in [-0.15, -0.1) is 0 Å². The summed E-state index contributed by atoms with van der Waals surface area (Å²) in [5.41, 5.74) is 14.8. The lowest BCUT2D eigenvalue weighted by molar-refractivity contribution is 0.192. The van der Waals surface area contributed by atoms with Gasteiger partial charge in [-0.25, -0.2) is 19.9 Å². The van der Waals surface area contributed by atoms with Crippen LogP contribution in [0, 0.1) is 6.92 Å². The Morgan fingerprint density at radius 3 is 2.52 bits per heavy atom.